The molecular weight excluding hydrogens is 428 g/mol. The van der Waals surface area contributed by atoms with E-state index in [4.69, 9.17) is 13.9 Å². The first-order valence-electron chi connectivity index (χ1n) is 9.52. The van der Waals surface area contributed by atoms with Gasteiger partial charge in [-0.25, -0.2) is 4.42 Å². The molecule has 1 aliphatic heterocycles. The number of aromatic hydroxyl groups is 4. The van der Waals surface area contributed by atoms with Gasteiger partial charge in [-0.1, -0.05) is 0 Å². The lowest BCUT2D eigenvalue weighted by Gasteiger charge is -2.39. The smallest absolute Gasteiger partial charge is 0.402 e. The highest BCUT2D eigenvalue weighted by Gasteiger charge is 2.45. The van der Waals surface area contributed by atoms with Gasteiger partial charge < -0.3 is 50.3 Å². The van der Waals surface area contributed by atoms with E-state index in [0.29, 0.717) is 5.56 Å². The summed E-state index contributed by atoms with van der Waals surface area (Å²) in [6, 6.07) is 8.04. The van der Waals surface area contributed by atoms with Gasteiger partial charge in [0, 0.05) is 6.07 Å². The van der Waals surface area contributed by atoms with Crippen LogP contribution in [0.5, 0.6) is 28.7 Å². The van der Waals surface area contributed by atoms with Crippen LogP contribution >= 0.6 is 0 Å². The third kappa shape index (κ3) is 3.72. The van der Waals surface area contributed by atoms with E-state index in [1.807, 2.05) is 0 Å². The lowest BCUT2D eigenvalue weighted by Crippen LogP contribution is -2.60. The largest absolute Gasteiger partial charge is 0.508 e. The molecule has 0 saturated carbocycles. The maximum absolute atomic E-state index is 10.3. The predicted octanol–water partition coefficient (Wildman–Crippen LogP) is 0.382. The maximum Gasteiger partial charge on any atom is 0.402 e. The van der Waals surface area contributed by atoms with E-state index < -0.39 is 54.6 Å². The second-order valence-electron chi connectivity index (χ2n) is 7.31. The van der Waals surface area contributed by atoms with Crippen LogP contribution in [0.3, 0.4) is 0 Å². The molecule has 11 nitrogen and oxygen atoms in total. The summed E-state index contributed by atoms with van der Waals surface area (Å²) in [6.07, 6.45) is -7.76. The zero-order valence-electron chi connectivity index (χ0n) is 16.4. The van der Waals surface area contributed by atoms with E-state index in [1.54, 1.807) is 0 Å². The van der Waals surface area contributed by atoms with Gasteiger partial charge in [0.2, 0.25) is 17.8 Å². The molecule has 0 aliphatic carbocycles. The van der Waals surface area contributed by atoms with E-state index in [-0.39, 0.29) is 28.2 Å². The number of phenols is 4. The fourth-order valence-corrected chi connectivity index (χ4v) is 3.41. The molecule has 1 aliphatic rings. The SMILES string of the molecule is OC[C@H]1O[C@@H](Oc2cc3c(O)c(O)c(O)cc3[o+]c2-c2ccc(O)cc2)[C@H](O)[C@@H](O)[C@@H]1O. The number of phenolic OH excluding ortho intramolecular Hbond substituents is 4. The van der Waals surface area contributed by atoms with Crippen LogP contribution in [0.2, 0.25) is 0 Å². The van der Waals surface area contributed by atoms with Crippen LogP contribution in [0, 0.1) is 0 Å². The molecule has 32 heavy (non-hydrogen) atoms. The summed E-state index contributed by atoms with van der Waals surface area (Å²) in [5.41, 5.74) is 0.360. The molecule has 5 atom stereocenters. The Bertz CT molecular complexity index is 1130. The number of benzene rings is 2. The Morgan fingerprint density at radius 3 is 2.22 bits per heavy atom. The Hall–Kier alpha value is -3.35. The Morgan fingerprint density at radius 2 is 1.56 bits per heavy atom. The number of rotatable bonds is 4. The first kappa shape index (κ1) is 21.9. The summed E-state index contributed by atoms with van der Waals surface area (Å²) in [5.74, 6) is -2.22. The van der Waals surface area contributed by atoms with Crippen LogP contribution in [0.25, 0.3) is 22.3 Å². The van der Waals surface area contributed by atoms with Crippen LogP contribution in [0.4, 0.5) is 0 Å². The van der Waals surface area contributed by atoms with Crippen molar-refractivity contribution < 1.29 is 54.7 Å². The Balaban J connectivity index is 1.84. The highest BCUT2D eigenvalue weighted by atomic mass is 16.7. The second-order valence-corrected chi connectivity index (χ2v) is 7.31. The number of ether oxygens (including phenoxy) is 2. The first-order valence-corrected chi connectivity index (χ1v) is 9.52. The van der Waals surface area contributed by atoms with Gasteiger partial charge in [-0.05, 0) is 24.3 Å². The summed E-state index contributed by atoms with van der Waals surface area (Å²) in [6.45, 7) is -0.661. The molecule has 2 aromatic carbocycles. The molecule has 0 unspecified atom stereocenters. The third-order valence-electron chi connectivity index (χ3n) is 5.19. The van der Waals surface area contributed by atoms with Gasteiger partial charge in [0.1, 0.15) is 35.6 Å². The van der Waals surface area contributed by atoms with Crippen molar-refractivity contribution in [3.63, 3.8) is 0 Å². The standard InChI is InChI=1S/C21H20O11/c22-7-14-17(27)18(28)19(29)21(32-14)31-13-5-10-12(6-11(24)16(26)15(10)25)30-20(13)8-1-3-9(23)4-2-8/h1-6,14,17-19,21-22,27-29H,7H2,(H3-,23,24,25,26)/p+1/t14-,17-,18+,19-,21-/m1/s1. The number of hydrogen-bond acceptors (Lipinski definition) is 10. The quantitative estimate of drug-likeness (QED) is 0.203. The average Bonchev–Trinajstić information content (AvgIpc) is 2.78. The molecular formula is C21H21O11+. The molecule has 1 saturated heterocycles. The zero-order chi connectivity index (χ0) is 23.2. The highest BCUT2D eigenvalue weighted by molar-refractivity contribution is 5.91. The van der Waals surface area contributed by atoms with Crippen LogP contribution in [-0.2, 0) is 4.74 Å². The lowest BCUT2D eigenvalue weighted by atomic mass is 9.99. The van der Waals surface area contributed by atoms with Crippen molar-refractivity contribution in [1.82, 2.24) is 0 Å². The summed E-state index contributed by atoms with van der Waals surface area (Å²) in [5, 5.41) is 79.1. The molecule has 1 aromatic heterocycles. The number of hydrogen-bond donors (Lipinski definition) is 8. The highest BCUT2D eigenvalue weighted by Crippen LogP contribution is 2.45. The monoisotopic (exact) mass is 449 g/mol. The lowest BCUT2D eigenvalue weighted by molar-refractivity contribution is -0.277. The van der Waals surface area contributed by atoms with Gasteiger partial charge in [-0.2, -0.15) is 0 Å². The molecule has 0 bridgehead atoms. The molecule has 8 N–H and O–H groups in total. The van der Waals surface area contributed by atoms with Crippen molar-refractivity contribution in [3.8, 4) is 40.1 Å². The van der Waals surface area contributed by atoms with Crippen molar-refractivity contribution in [2.45, 2.75) is 30.7 Å². The Labute approximate surface area is 180 Å². The molecule has 1 fully saturated rings. The average molecular weight is 449 g/mol. The topological polar surface area (TPSA) is 192 Å². The van der Waals surface area contributed by atoms with E-state index in [0.717, 1.165) is 6.07 Å². The molecule has 4 rings (SSSR count). The third-order valence-corrected chi connectivity index (χ3v) is 5.19. The van der Waals surface area contributed by atoms with Crippen molar-refractivity contribution in [1.29, 1.82) is 0 Å². The number of aliphatic hydroxyl groups is 4. The Morgan fingerprint density at radius 1 is 0.875 bits per heavy atom. The minimum Gasteiger partial charge on any atom is -0.508 e. The normalized spacial score (nSPS) is 25.7. The van der Waals surface area contributed by atoms with Crippen LogP contribution in [0.1, 0.15) is 0 Å². The first-order chi connectivity index (χ1) is 15.2. The molecule has 0 amide bonds. The zero-order valence-corrected chi connectivity index (χ0v) is 16.4. The fourth-order valence-electron chi connectivity index (χ4n) is 3.41. The summed E-state index contributed by atoms with van der Waals surface area (Å²) >= 11 is 0. The number of fused-ring (bicyclic) bond motifs is 1. The molecule has 11 heteroatoms. The number of aliphatic hydroxyl groups excluding tert-OH is 4. The minimum absolute atomic E-state index is 0.0221. The van der Waals surface area contributed by atoms with Gasteiger partial charge >= 0.3 is 11.3 Å². The summed E-state index contributed by atoms with van der Waals surface area (Å²) < 4.78 is 16.8. The predicted molar refractivity (Wildman–Crippen MR) is 107 cm³/mol. The molecule has 2 heterocycles. The minimum atomic E-state index is -1.71. The summed E-state index contributed by atoms with van der Waals surface area (Å²) in [7, 11) is 0. The molecule has 0 radical (unpaired) electrons. The van der Waals surface area contributed by atoms with Gasteiger partial charge in [0.25, 0.3) is 0 Å². The van der Waals surface area contributed by atoms with Crippen LogP contribution < -0.4 is 4.74 Å². The van der Waals surface area contributed by atoms with Crippen LogP contribution in [0.15, 0.2) is 40.8 Å². The fraction of sp³-hybridized carbons (Fsp3) is 0.286. The Kier molecular flexibility index (Phi) is 5.67. The van der Waals surface area contributed by atoms with E-state index in [1.165, 1.54) is 30.3 Å². The molecule has 0 spiro atoms. The van der Waals surface area contributed by atoms with Crippen molar-refractivity contribution in [2.75, 3.05) is 6.61 Å². The molecule has 170 valence electrons. The van der Waals surface area contributed by atoms with Crippen LogP contribution in [-0.4, -0.2) is 78.2 Å². The van der Waals surface area contributed by atoms with Crippen molar-refractivity contribution in [3.05, 3.63) is 36.4 Å². The van der Waals surface area contributed by atoms with E-state index in [2.05, 4.69) is 0 Å². The van der Waals surface area contributed by atoms with Crippen molar-refractivity contribution >= 4 is 11.0 Å². The van der Waals surface area contributed by atoms with Gasteiger partial charge in [-0.3, -0.25) is 0 Å². The van der Waals surface area contributed by atoms with E-state index in [9.17, 15) is 40.9 Å². The molecule has 3 aromatic rings. The maximum atomic E-state index is 10.3. The van der Waals surface area contributed by atoms with Gasteiger partial charge in [0.05, 0.1) is 18.2 Å². The summed E-state index contributed by atoms with van der Waals surface area (Å²) in [4.78, 5) is 0. The van der Waals surface area contributed by atoms with Crippen molar-refractivity contribution in [2.24, 2.45) is 0 Å². The van der Waals surface area contributed by atoms with E-state index >= 15 is 0 Å². The van der Waals surface area contributed by atoms with Gasteiger partial charge in [0.15, 0.2) is 11.5 Å². The van der Waals surface area contributed by atoms with Gasteiger partial charge in [-0.15, -0.1) is 0 Å². The second kappa shape index (κ2) is 8.30.